The monoisotopic (exact) mass is 797 g/mol. The largest absolute Gasteiger partial charge is 3.00 e. The second-order valence-corrected chi connectivity index (χ2v) is 13.6. The van der Waals surface area contributed by atoms with Crippen molar-refractivity contribution < 1.29 is 64.6 Å². The number of rotatable bonds is 6. The van der Waals surface area contributed by atoms with Crippen molar-refractivity contribution in [3.05, 3.63) is 51.4 Å². The van der Waals surface area contributed by atoms with E-state index in [4.69, 9.17) is 10.4 Å². The Balaban J connectivity index is 0.000000240. The summed E-state index contributed by atoms with van der Waals surface area (Å²) in [6, 6.07) is 0.457. The molecule has 5 fully saturated rings. The molecule has 0 aromatic rings. The van der Waals surface area contributed by atoms with Crippen LogP contribution < -0.4 is 17.7 Å². The van der Waals surface area contributed by atoms with Gasteiger partial charge >= 0.3 is 41.7 Å². The van der Waals surface area contributed by atoms with Crippen LogP contribution in [0.5, 0.6) is 0 Å². The number of halogens is 1. The Labute approximate surface area is 323 Å². The molecule has 2 unspecified atom stereocenters. The number of dihydropyridines is 1. The molecule has 9 nitrogen and oxygen atoms in total. The van der Waals surface area contributed by atoms with E-state index in [0.717, 1.165) is 55.9 Å². The number of hydrogen-bond donors (Lipinski definition) is 3. The van der Waals surface area contributed by atoms with Gasteiger partial charge in [0.15, 0.2) is 0 Å². The van der Waals surface area contributed by atoms with E-state index in [1.54, 1.807) is 0 Å². The van der Waals surface area contributed by atoms with Gasteiger partial charge in [0, 0.05) is 23.5 Å². The molecule has 1 radical (unpaired) electrons. The average molecular weight is 798 g/mol. The SMILES string of the molecule is O/N=C(\C1CCCCC1)C1CCCC[N-]1.O/N=C(\C1CCCCC1)C1CCCC[N-]1.O=N/C(=C1/C=CC=CN1)C1CCCCC1.[Ce+3].[Cl-]. The molecule has 0 bridgehead atoms. The minimum absolute atomic E-state index is 0. The maximum atomic E-state index is 10.9. The van der Waals surface area contributed by atoms with E-state index in [0.29, 0.717) is 23.5 Å². The molecule has 2 saturated heterocycles. The van der Waals surface area contributed by atoms with Gasteiger partial charge in [-0.2, -0.15) is 0 Å². The number of nitroso groups, excluding NO2 is 1. The standard InChI is InChI=1S/2C12H21N2O.C12H16N2O.Ce.ClH/c3*15-14-12(10-6-2-1-3-7-10)11-8-4-5-9-13-11;;/h2*10-11,15H,1-9H2;4-5,8-10,13H,1-3,6-7H2;;1H/q2*-1;;+3;/p-1/b2*14-12+;12-11-;;. The average Bonchev–Trinajstić information content (AvgIpc) is 3.13. The van der Waals surface area contributed by atoms with Crippen LogP contribution in [0.2, 0.25) is 0 Å². The van der Waals surface area contributed by atoms with Gasteiger partial charge in [-0.25, -0.2) is 0 Å². The first-order valence-corrected chi connectivity index (χ1v) is 18.2. The van der Waals surface area contributed by atoms with E-state index in [9.17, 15) is 4.91 Å². The van der Waals surface area contributed by atoms with Crippen molar-refractivity contribution in [3.63, 3.8) is 0 Å². The fourth-order valence-electron chi connectivity index (χ4n) is 7.97. The Morgan fingerprint density at radius 1 is 0.617 bits per heavy atom. The first-order chi connectivity index (χ1) is 22.2. The van der Waals surface area contributed by atoms with E-state index in [1.807, 2.05) is 24.4 Å². The van der Waals surface area contributed by atoms with Gasteiger partial charge in [-0.05, 0) is 67.7 Å². The summed E-state index contributed by atoms with van der Waals surface area (Å²) < 4.78 is 0. The first kappa shape index (κ1) is 42.3. The fraction of sp³-hybridized carbons (Fsp3) is 0.778. The number of allylic oxidation sites excluding steroid dienone is 4. The molecule has 3 heterocycles. The van der Waals surface area contributed by atoms with Crippen molar-refractivity contribution in [2.75, 3.05) is 13.1 Å². The molecule has 0 amide bonds. The molecule has 3 N–H and O–H groups in total. The Morgan fingerprint density at radius 2 is 1.04 bits per heavy atom. The van der Waals surface area contributed by atoms with Crippen LogP contribution in [0.25, 0.3) is 10.6 Å². The summed E-state index contributed by atoms with van der Waals surface area (Å²) in [5.41, 5.74) is 3.54. The van der Waals surface area contributed by atoms with Gasteiger partial charge < -0.3 is 38.8 Å². The Hall–Kier alpha value is -0.853. The van der Waals surface area contributed by atoms with E-state index >= 15 is 0 Å². The molecule has 2 atom stereocenters. The van der Waals surface area contributed by atoms with Crippen LogP contribution in [-0.2, 0) is 0 Å². The summed E-state index contributed by atoms with van der Waals surface area (Å²) >= 11 is 0. The number of oxime groups is 2. The van der Waals surface area contributed by atoms with Gasteiger partial charge in [0.05, 0.1) is 5.70 Å². The van der Waals surface area contributed by atoms with Crippen LogP contribution in [-0.4, -0.2) is 47.0 Å². The fourth-order valence-corrected chi connectivity index (χ4v) is 7.97. The van der Waals surface area contributed by atoms with E-state index in [-0.39, 0.29) is 66.2 Å². The summed E-state index contributed by atoms with van der Waals surface area (Å²) in [5.74, 6) is 1.38. The quantitative estimate of drug-likeness (QED) is 0.117. The molecule has 3 aliphatic heterocycles. The van der Waals surface area contributed by atoms with Gasteiger partial charge in [-0.15, -0.1) is 18.0 Å². The molecule has 11 heteroatoms. The molecule has 47 heavy (non-hydrogen) atoms. The maximum absolute atomic E-state index is 10.9. The molecule has 261 valence electrons. The predicted octanol–water partition coefficient (Wildman–Crippen LogP) is 6.87. The normalized spacial score (nSPS) is 27.3. The molecule has 3 saturated carbocycles. The summed E-state index contributed by atoms with van der Waals surface area (Å²) in [5, 5.41) is 40.9. The second-order valence-electron chi connectivity index (χ2n) is 13.6. The Bertz CT molecular complexity index is 934. The van der Waals surface area contributed by atoms with Crippen LogP contribution in [0.3, 0.4) is 0 Å². The summed E-state index contributed by atoms with van der Waals surface area (Å²) in [6.07, 6.45) is 33.2. The van der Waals surface area contributed by atoms with E-state index in [1.165, 1.54) is 109 Å². The summed E-state index contributed by atoms with van der Waals surface area (Å²) in [6.45, 7) is 1.91. The minimum atomic E-state index is 0. The molecular weight excluding hydrogens is 740 g/mol. The number of nitrogens with zero attached hydrogens (tertiary/aromatic N) is 5. The third kappa shape index (κ3) is 14.1. The Morgan fingerprint density at radius 3 is 1.38 bits per heavy atom. The molecule has 0 aromatic heterocycles. The van der Waals surface area contributed by atoms with Crippen LogP contribution in [0, 0.1) is 64.4 Å². The number of nitrogens with one attached hydrogen (secondary N) is 1. The van der Waals surface area contributed by atoms with Crippen molar-refractivity contribution >= 4 is 11.4 Å². The van der Waals surface area contributed by atoms with Crippen molar-refractivity contribution in [2.45, 2.75) is 147 Å². The number of piperidine rings is 2. The molecule has 0 aromatic carbocycles. The molecule has 3 aliphatic carbocycles. The smallest absolute Gasteiger partial charge is 1.00 e. The summed E-state index contributed by atoms with van der Waals surface area (Å²) in [4.78, 5) is 10.9. The molecular formula is C36H58CeClN6O3. The van der Waals surface area contributed by atoms with Crippen LogP contribution in [0.4, 0.5) is 0 Å². The van der Waals surface area contributed by atoms with E-state index in [2.05, 4.69) is 31.4 Å². The van der Waals surface area contributed by atoms with Gasteiger partial charge in [0.2, 0.25) is 0 Å². The van der Waals surface area contributed by atoms with Crippen molar-refractivity contribution in [3.8, 4) is 0 Å². The number of hydrogen-bond acceptors (Lipinski definition) is 7. The summed E-state index contributed by atoms with van der Waals surface area (Å²) in [7, 11) is 0. The second kappa shape index (κ2) is 25.2. The van der Waals surface area contributed by atoms with Crippen LogP contribution >= 0.6 is 0 Å². The molecule has 6 aliphatic rings. The maximum Gasteiger partial charge on any atom is 3.00 e. The zero-order chi connectivity index (χ0) is 31.5. The Kier molecular flexibility index (Phi) is 22.6. The zero-order valence-corrected chi connectivity index (χ0v) is 32.3. The van der Waals surface area contributed by atoms with Crippen LogP contribution in [0.15, 0.2) is 51.3 Å². The van der Waals surface area contributed by atoms with Crippen LogP contribution in [0.1, 0.15) is 135 Å². The van der Waals surface area contributed by atoms with Crippen molar-refractivity contribution in [1.29, 1.82) is 0 Å². The van der Waals surface area contributed by atoms with Gasteiger partial charge in [-0.1, -0.05) is 125 Å². The van der Waals surface area contributed by atoms with E-state index < -0.39 is 0 Å². The van der Waals surface area contributed by atoms with Crippen molar-refractivity contribution in [1.82, 2.24) is 5.32 Å². The topological polar surface area (TPSA) is 135 Å². The van der Waals surface area contributed by atoms with Crippen molar-refractivity contribution in [2.24, 2.45) is 33.2 Å². The third-order valence-corrected chi connectivity index (χ3v) is 10.5. The van der Waals surface area contributed by atoms with Gasteiger partial charge in [0.25, 0.3) is 0 Å². The zero-order valence-electron chi connectivity index (χ0n) is 28.4. The molecule has 0 spiro atoms. The predicted molar refractivity (Wildman–Crippen MR) is 184 cm³/mol. The minimum Gasteiger partial charge on any atom is -1.00 e. The van der Waals surface area contributed by atoms with Gasteiger partial charge in [0.1, 0.15) is 5.70 Å². The third-order valence-electron chi connectivity index (χ3n) is 10.5. The van der Waals surface area contributed by atoms with Gasteiger partial charge in [-0.3, -0.25) is 0 Å². The first-order valence-electron chi connectivity index (χ1n) is 18.2. The molecule has 6 rings (SSSR count).